The van der Waals surface area contributed by atoms with E-state index < -0.39 is 11.9 Å². The molecule has 4 aromatic rings. The molecular formula is C26H16O4. The molecule has 0 atom stereocenters. The van der Waals surface area contributed by atoms with Gasteiger partial charge in [-0.15, -0.1) is 0 Å². The first-order valence-electron chi connectivity index (χ1n) is 9.24. The first-order chi connectivity index (χ1) is 14.5. The number of aromatic carboxylic acids is 2. The maximum atomic E-state index is 11.6. The molecule has 0 aromatic heterocycles. The topological polar surface area (TPSA) is 74.6 Å². The van der Waals surface area contributed by atoms with Crippen molar-refractivity contribution < 1.29 is 19.8 Å². The number of hydrogen-bond donors (Lipinski definition) is 2. The van der Waals surface area contributed by atoms with Gasteiger partial charge >= 0.3 is 11.9 Å². The van der Waals surface area contributed by atoms with Crippen LogP contribution in [-0.2, 0) is 0 Å². The van der Waals surface area contributed by atoms with Crippen molar-refractivity contribution in [2.45, 2.75) is 0 Å². The van der Waals surface area contributed by atoms with Crippen molar-refractivity contribution in [1.82, 2.24) is 0 Å². The smallest absolute Gasteiger partial charge is 0.336 e. The highest BCUT2D eigenvalue weighted by atomic mass is 16.4. The zero-order valence-corrected chi connectivity index (χ0v) is 15.8. The monoisotopic (exact) mass is 392 g/mol. The van der Waals surface area contributed by atoms with Crippen molar-refractivity contribution in [3.05, 3.63) is 107 Å². The molecule has 0 unspecified atom stereocenters. The largest absolute Gasteiger partial charge is 0.478 e. The van der Waals surface area contributed by atoms with Crippen molar-refractivity contribution in [2.24, 2.45) is 0 Å². The molecule has 0 aliphatic rings. The average Bonchev–Trinajstić information content (AvgIpc) is 2.77. The van der Waals surface area contributed by atoms with E-state index in [-0.39, 0.29) is 11.1 Å². The van der Waals surface area contributed by atoms with Crippen LogP contribution < -0.4 is 0 Å². The summed E-state index contributed by atoms with van der Waals surface area (Å²) in [5.41, 5.74) is 2.62. The van der Waals surface area contributed by atoms with Gasteiger partial charge in [0.15, 0.2) is 0 Å². The van der Waals surface area contributed by atoms with E-state index in [1.807, 2.05) is 48.5 Å². The van der Waals surface area contributed by atoms with E-state index in [2.05, 4.69) is 11.8 Å². The van der Waals surface area contributed by atoms with Gasteiger partial charge in [0.2, 0.25) is 0 Å². The second-order valence-corrected chi connectivity index (χ2v) is 6.73. The van der Waals surface area contributed by atoms with Crippen LogP contribution in [0.25, 0.3) is 21.9 Å². The molecule has 0 bridgehead atoms. The van der Waals surface area contributed by atoms with Crippen LogP contribution in [-0.4, -0.2) is 22.2 Å². The molecule has 0 radical (unpaired) electrons. The van der Waals surface area contributed by atoms with Crippen LogP contribution in [0.3, 0.4) is 0 Å². The Morgan fingerprint density at radius 1 is 0.700 bits per heavy atom. The van der Waals surface area contributed by atoms with E-state index in [0.717, 1.165) is 16.3 Å². The van der Waals surface area contributed by atoms with Crippen molar-refractivity contribution in [1.29, 1.82) is 0 Å². The van der Waals surface area contributed by atoms with Gasteiger partial charge in [-0.2, -0.15) is 0 Å². The first-order valence-corrected chi connectivity index (χ1v) is 9.24. The highest BCUT2D eigenvalue weighted by Gasteiger charge is 2.15. The third kappa shape index (κ3) is 3.78. The fourth-order valence-electron chi connectivity index (χ4n) is 3.34. The summed E-state index contributed by atoms with van der Waals surface area (Å²) in [6.07, 6.45) is 0. The van der Waals surface area contributed by atoms with Gasteiger partial charge in [0, 0.05) is 11.1 Å². The summed E-state index contributed by atoms with van der Waals surface area (Å²) >= 11 is 0. The maximum Gasteiger partial charge on any atom is 0.336 e. The Kier molecular flexibility index (Phi) is 5.02. The number of carboxylic acid groups (broad SMARTS) is 2. The predicted octanol–water partition coefficient (Wildman–Crippen LogP) is 5.30. The molecule has 0 amide bonds. The number of rotatable bonds is 3. The van der Waals surface area contributed by atoms with Crippen LogP contribution in [0.2, 0.25) is 0 Å². The Morgan fingerprint density at radius 2 is 1.47 bits per heavy atom. The summed E-state index contributed by atoms with van der Waals surface area (Å²) in [5, 5.41) is 20.9. The summed E-state index contributed by atoms with van der Waals surface area (Å²) in [4.78, 5) is 23.0. The quantitative estimate of drug-likeness (QED) is 0.464. The van der Waals surface area contributed by atoms with Crippen molar-refractivity contribution >= 4 is 22.7 Å². The molecule has 0 aliphatic heterocycles. The lowest BCUT2D eigenvalue weighted by Gasteiger charge is -2.08. The van der Waals surface area contributed by atoms with Gasteiger partial charge in [0.25, 0.3) is 0 Å². The van der Waals surface area contributed by atoms with Crippen LogP contribution in [0.15, 0.2) is 84.9 Å². The van der Waals surface area contributed by atoms with Gasteiger partial charge < -0.3 is 10.2 Å². The van der Waals surface area contributed by atoms with E-state index in [0.29, 0.717) is 16.7 Å². The molecule has 2 N–H and O–H groups in total. The SMILES string of the molecule is O=C(O)c1ccc(C(=O)O)c(-c2cccc(C#Cc3cccc4ccccc34)c2)c1. The summed E-state index contributed by atoms with van der Waals surface area (Å²) < 4.78 is 0. The van der Waals surface area contributed by atoms with Crippen molar-refractivity contribution in [3.8, 4) is 23.0 Å². The number of carboxylic acids is 2. The number of carbonyl (C=O) groups is 2. The summed E-state index contributed by atoms with van der Waals surface area (Å²) in [7, 11) is 0. The molecule has 0 aliphatic carbocycles. The zero-order valence-electron chi connectivity index (χ0n) is 15.8. The highest BCUT2D eigenvalue weighted by Crippen LogP contribution is 2.26. The molecule has 4 aromatic carbocycles. The van der Waals surface area contributed by atoms with E-state index in [4.69, 9.17) is 0 Å². The van der Waals surface area contributed by atoms with Gasteiger partial charge in [-0.05, 0) is 58.3 Å². The number of fused-ring (bicyclic) bond motifs is 1. The van der Waals surface area contributed by atoms with Gasteiger partial charge in [-0.3, -0.25) is 0 Å². The van der Waals surface area contributed by atoms with Crippen molar-refractivity contribution in [2.75, 3.05) is 0 Å². The Hall–Kier alpha value is -4.36. The number of benzene rings is 4. The summed E-state index contributed by atoms with van der Waals surface area (Å²) in [5.74, 6) is 4.10. The predicted molar refractivity (Wildman–Crippen MR) is 116 cm³/mol. The standard InChI is InChI=1S/C26H16O4/c27-25(28)21-13-14-23(26(29)30)24(16-21)20-9-3-5-17(15-20)11-12-19-8-4-7-18-6-1-2-10-22(18)19/h1-10,13-16H,(H,27,28)(H,29,30). The molecule has 0 saturated heterocycles. The Labute approximate surface area is 173 Å². The fourth-order valence-corrected chi connectivity index (χ4v) is 3.34. The lowest BCUT2D eigenvalue weighted by Crippen LogP contribution is -2.03. The van der Waals surface area contributed by atoms with Crippen LogP contribution in [0, 0.1) is 11.8 Å². The molecule has 0 spiro atoms. The minimum atomic E-state index is -1.12. The van der Waals surface area contributed by atoms with E-state index in [1.54, 1.807) is 18.2 Å². The van der Waals surface area contributed by atoms with Crippen LogP contribution in [0.5, 0.6) is 0 Å². The Balaban J connectivity index is 1.78. The molecule has 4 nitrogen and oxygen atoms in total. The third-order valence-electron chi connectivity index (χ3n) is 4.80. The van der Waals surface area contributed by atoms with E-state index in [1.165, 1.54) is 18.2 Å². The fraction of sp³-hybridized carbons (Fsp3) is 0. The minimum Gasteiger partial charge on any atom is -0.478 e. The van der Waals surface area contributed by atoms with Gasteiger partial charge in [-0.1, -0.05) is 60.4 Å². The maximum absolute atomic E-state index is 11.6. The molecule has 0 heterocycles. The molecule has 144 valence electrons. The van der Waals surface area contributed by atoms with Crippen LogP contribution in [0.4, 0.5) is 0 Å². The van der Waals surface area contributed by atoms with Gasteiger partial charge in [-0.25, -0.2) is 9.59 Å². The minimum absolute atomic E-state index is 0.0299. The van der Waals surface area contributed by atoms with Gasteiger partial charge in [0.1, 0.15) is 0 Å². The van der Waals surface area contributed by atoms with Crippen molar-refractivity contribution in [3.63, 3.8) is 0 Å². The lowest BCUT2D eigenvalue weighted by molar-refractivity contribution is 0.0682. The van der Waals surface area contributed by atoms with E-state index >= 15 is 0 Å². The summed E-state index contributed by atoms with van der Waals surface area (Å²) in [6, 6.07) is 25.1. The molecule has 0 fully saturated rings. The highest BCUT2D eigenvalue weighted by molar-refractivity contribution is 5.99. The Bertz CT molecular complexity index is 1350. The van der Waals surface area contributed by atoms with Gasteiger partial charge in [0.05, 0.1) is 11.1 Å². The van der Waals surface area contributed by atoms with Crippen LogP contribution in [0.1, 0.15) is 31.8 Å². The molecule has 4 rings (SSSR count). The molecule has 0 saturated carbocycles. The molecular weight excluding hydrogens is 376 g/mol. The normalized spacial score (nSPS) is 10.3. The number of hydrogen-bond acceptors (Lipinski definition) is 2. The molecule has 30 heavy (non-hydrogen) atoms. The van der Waals surface area contributed by atoms with Crippen LogP contribution >= 0.6 is 0 Å². The second kappa shape index (κ2) is 7.94. The lowest BCUT2D eigenvalue weighted by atomic mass is 9.96. The first kappa shape index (κ1) is 19.0. The Morgan fingerprint density at radius 3 is 2.27 bits per heavy atom. The van der Waals surface area contributed by atoms with E-state index in [9.17, 15) is 19.8 Å². The third-order valence-corrected chi connectivity index (χ3v) is 4.80. The average molecular weight is 392 g/mol. The second-order valence-electron chi connectivity index (χ2n) is 6.73. The zero-order chi connectivity index (χ0) is 21.1. The summed E-state index contributed by atoms with van der Waals surface area (Å²) in [6.45, 7) is 0. The molecule has 4 heteroatoms.